The van der Waals surface area contributed by atoms with Crippen LogP contribution in [-0.4, -0.2) is 5.71 Å². The van der Waals surface area contributed by atoms with Crippen molar-refractivity contribution in [1.82, 2.24) is 0 Å². The van der Waals surface area contributed by atoms with Crippen molar-refractivity contribution in [3.8, 4) is 0 Å². The highest BCUT2D eigenvalue weighted by Gasteiger charge is 1.95. The first-order valence-electron chi connectivity index (χ1n) is 4.82. The molecule has 0 aromatic carbocycles. The molecule has 0 aromatic rings. The highest BCUT2D eigenvalue weighted by atomic mass is 14.7. The summed E-state index contributed by atoms with van der Waals surface area (Å²) >= 11 is 0. The molecule has 0 saturated carbocycles. The Hall–Kier alpha value is -1.37. The van der Waals surface area contributed by atoms with E-state index in [2.05, 4.69) is 11.6 Å². The molecular weight excluding hydrogens is 170 g/mol. The van der Waals surface area contributed by atoms with E-state index in [1.807, 2.05) is 58.1 Å². The molecule has 0 atom stereocenters. The van der Waals surface area contributed by atoms with Gasteiger partial charge in [-0.3, -0.25) is 4.99 Å². The maximum absolute atomic E-state index is 4.37. The van der Waals surface area contributed by atoms with Crippen molar-refractivity contribution in [2.45, 2.75) is 27.7 Å². The Morgan fingerprint density at radius 1 is 1.07 bits per heavy atom. The second-order valence-corrected chi connectivity index (χ2v) is 2.94. The molecule has 76 valence electrons. The number of hydrogen-bond acceptors (Lipinski definition) is 1. The van der Waals surface area contributed by atoms with Crippen molar-refractivity contribution in [3.05, 3.63) is 48.2 Å². The van der Waals surface area contributed by atoms with E-state index < -0.39 is 0 Å². The fraction of sp³-hybridized carbons (Fsp3) is 0.308. The maximum Gasteiger partial charge on any atom is 0.0629 e. The van der Waals surface area contributed by atoms with Gasteiger partial charge in [-0.1, -0.05) is 30.9 Å². The number of hydrogen-bond donors (Lipinski definition) is 0. The van der Waals surface area contributed by atoms with E-state index >= 15 is 0 Å². The molecule has 1 heteroatoms. The number of rotatable bonds is 4. The number of nitrogens with zero attached hydrogens (tertiary/aromatic N) is 1. The summed E-state index contributed by atoms with van der Waals surface area (Å²) in [5.41, 5.74) is 2.85. The lowest BCUT2D eigenvalue weighted by Crippen LogP contribution is -1.88. The second-order valence-electron chi connectivity index (χ2n) is 2.94. The third kappa shape index (κ3) is 4.61. The number of allylic oxidation sites excluding steroid dienone is 5. The highest BCUT2D eigenvalue weighted by Crippen LogP contribution is 2.11. The van der Waals surface area contributed by atoms with Crippen LogP contribution in [0.15, 0.2) is 53.2 Å². The lowest BCUT2D eigenvalue weighted by Gasteiger charge is -2.00. The molecule has 0 spiro atoms. The van der Waals surface area contributed by atoms with Crippen LogP contribution < -0.4 is 0 Å². The van der Waals surface area contributed by atoms with Gasteiger partial charge in [-0.25, -0.2) is 0 Å². The zero-order valence-corrected chi connectivity index (χ0v) is 9.54. The average Bonchev–Trinajstić information content (AvgIpc) is 2.14. The SMILES string of the molecule is C=C(N=C(C)/C=C\C)C(/C=C\C)=C/C. The predicted octanol–water partition coefficient (Wildman–Crippen LogP) is 4.06. The Labute approximate surface area is 87.3 Å². The third-order valence-electron chi connectivity index (χ3n) is 1.71. The molecule has 1 nitrogen and oxygen atoms in total. The van der Waals surface area contributed by atoms with Gasteiger partial charge in [0.15, 0.2) is 0 Å². The standard InChI is InChI=1S/C13H19N/c1-6-9-11(4)14-12(5)13(8-3)10-7-2/h6-10H,5H2,1-4H3/b9-6-,10-7-,13-8+,14-11?. The largest absolute Gasteiger partial charge is 0.254 e. The molecule has 0 aromatic heterocycles. The Morgan fingerprint density at radius 2 is 1.64 bits per heavy atom. The maximum atomic E-state index is 4.37. The molecule has 0 radical (unpaired) electrons. The lowest BCUT2D eigenvalue weighted by molar-refractivity contribution is 1.34. The summed E-state index contributed by atoms with van der Waals surface area (Å²) in [5.74, 6) is 0. The second kappa shape index (κ2) is 7.07. The van der Waals surface area contributed by atoms with Crippen LogP contribution in [0.1, 0.15) is 27.7 Å². The average molecular weight is 189 g/mol. The summed E-state index contributed by atoms with van der Waals surface area (Å²) in [7, 11) is 0. The van der Waals surface area contributed by atoms with Crippen LogP contribution in [0.5, 0.6) is 0 Å². The van der Waals surface area contributed by atoms with Crippen LogP contribution in [0, 0.1) is 0 Å². The fourth-order valence-corrected chi connectivity index (χ4v) is 1.09. The molecule has 0 heterocycles. The molecule has 0 amide bonds. The Bertz CT molecular complexity index is 301. The van der Waals surface area contributed by atoms with E-state index in [0.717, 1.165) is 17.0 Å². The van der Waals surface area contributed by atoms with E-state index in [0.29, 0.717) is 0 Å². The Kier molecular flexibility index (Phi) is 6.38. The minimum absolute atomic E-state index is 0.807. The fourth-order valence-electron chi connectivity index (χ4n) is 1.09. The molecule has 0 fully saturated rings. The third-order valence-corrected chi connectivity index (χ3v) is 1.71. The van der Waals surface area contributed by atoms with Crippen LogP contribution in [-0.2, 0) is 0 Å². The van der Waals surface area contributed by atoms with E-state index in [-0.39, 0.29) is 0 Å². The monoisotopic (exact) mass is 189 g/mol. The van der Waals surface area contributed by atoms with Gasteiger partial charge in [0.05, 0.1) is 5.70 Å². The van der Waals surface area contributed by atoms with Crippen LogP contribution >= 0.6 is 0 Å². The summed E-state index contributed by atoms with van der Waals surface area (Å²) in [5, 5.41) is 0. The van der Waals surface area contributed by atoms with Gasteiger partial charge in [0.25, 0.3) is 0 Å². The van der Waals surface area contributed by atoms with Crippen LogP contribution in [0.2, 0.25) is 0 Å². The molecular formula is C13H19N. The van der Waals surface area contributed by atoms with Gasteiger partial charge in [-0.15, -0.1) is 0 Å². The quantitative estimate of drug-likeness (QED) is 0.467. The summed E-state index contributed by atoms with van der Waals surface area (Å²) in [6.45, 7) is 11.8. The zero-order valence-electron chi connectivity index (χ0n) is 9.54. The summed E-state index contributed by atoms with van der Waals surface area (Å²) < 4.78 is 0. The lowest BCUT2D eigenvalue weighted by atomic mass is 10.2. The molecule has 0 aliphatic carbocycles. The van der Waals surface area contributed by atoms with Crippen molar-refractivity contribution in [1.29, 1.82) is 0 Å². The molecule has 0 rings (SSSR count). The first kappa shape index (κ1) is 12.6. The van der Waals surface area contributed by atoms with Gasteiger partial charge in [0, 0.05) is 5.71 Å². The van der Waals surface area contributed by atoms with Crippen molar-refractivity contribution in [2.24, 2.45) is 4.99 Å². The van der Waals surface area contributed by atoms with Gasteiger partial charge >= 0.3 is 0 Å². The van der Waals surface area contributed by atoms with Gasteiger partial charge in [-0.05, 0) is 39.3 Å². The molecule has 0 aliphatic heterocycles. The molecule has 0 aliphatic rings. The van der Waals surface area contributed by atoms with Gasteiger partial charge in [-0.2, -0.15) is 0 Å². The molecule has 0 saturated heterocycles. The highest BCUT2D eigenvalue weighted by molar-refractivity contribution is 5.93. The van der Waals surface area contributed by atoms with E-state index in [1.54, 1.807) is 0 Å². The van der Waals surface area contributed by atoms with E-state index in [1.165, 1.54) is 0 Å². The predicted molar refractivity (Wildman–Crippen MR) is 65.6 cm³/mol. The first-order chi connectivity index (χ1) is 6.65. The smallest absolute Gasteiger partial charge is 0.0629 e. The van der Waals surface area contributed by atoms with E-state index in [4.69, 9.17) is 0 Å². The molecule has 0 N–H and O–H groups in total. The van der Waals surface area contributed by atoms with Crippen LogP contribution in [0.25, 0.3) is 0 Å². The zero-order chi connectivity index (χ0) is 11.0. The Balaban J connectivity index is 4.71. The Morgan fingerprint density at radius 3 is 2.07 bits per heavy atom. The molecule has 14 heavy (non-hydrogen) atoms. The van der Waals surface area contributed by atoms with Crippen LogP contribution in [0.3, 0.4) is 0 Å². The minimum atomic E-state index is 0.807. The van der Waals surface area contributed by atoms with Gasteiger partial charge in [0.1, 0.15) is 0 Å². The summed E-state index contributed by atoms with van der Waals surface area (Å²) in [6, 6.07) is 0. The van der Waals surface area contributed by atoms with Crippen LogP contribution in [0.4, 0.5) is 0 Å². The summed E-state index contributed by atoms with van der Waals surface area (Å²) in [4.78, 5) is 4.37. The number of aliphatic imine (C=N–C) groups is 1. The normalized spacial score (nSPS) is 14.3. The summed E-state index contributed by atoms with van der Waals surface area (Å²) in [6.07, 6.45) is 9.94. The molecule has 0 bridgehead atoms. The van der Waals surface area contributed by atoms with E-state index in [9.17, 15) is 0 Å². The molecule has 0 unspecified atom stereocenters. The van der Waals surface area contributed by atoms with Crippen molar-refractivity contribution in [2.75, 3.05) is 0 Å². The van der Waals surface area contributed by atoms with Gasteiger partial charge < -0.3 is 0 Å². The minimum Gasteiger partial charge on any atom is -0.254 e. The first-order valence-corrected chi connectivity index (χ1v) is 4.82. The van der Waals surface area contributed by atoms with Crippen molar-refractivity contribution >= 4 is 5.71 Å². The van der Waals surface area contributed by atoms with Crippen molar-refractivity contribution in [3.63, 3.8) is 0 Å². The topological polar surface area (TPSA) is 12.4 Å². The van der Waals surface area contributed by atoms with Crippen molar-refractivity contribution < 1.29 is 0 Å². The van der Waals surface area contributed by atoms with Gasteiger partial charge in [0.2, 0.25) is 0 Å².